The third-order valence-electron chi connectivity index (χ3n) is 4.60. The zero-order valence-electron chi connectivity index (χ0n) is 17.1. The minimum absolute atomic E-state index is 0.0627. The first-order valence-electron chi connectivity index (χ1n) is 9.69. The zero-order valence-corrected chi connectivity index (χ0v) is 17.1. The molecule has 0 bridgehead atoms. The second kappa shape index (κ2) is 9.22. The molecule has 162 valence electrons. The molecule has 4 aromatic rings. The average molecular weight is 434 g/mol. The number of furan rings is 1. The Labute approximate surface area is 182 Å². The van der Waals surface area contributed by atoms with Crippen LogP contribution in [0.3, 0.4) is 0 Å². The van der Waals surface area contributed by atoms with Gasteiger partial charge in [-0.3, -0.25) is 9.59 Å². The molecular formula is C24H19FN2O5. The molecule has 7 nitrogen and oxygen atoms in total. The van der Waals surface area contributed by atoms with E-state index in [-0.39, 0.29) is 18.1 Å². The summed E-state index contributed by atoms with van der Waals surface area (Å²) in [4.78, 5) is 25.5. The van der Waals surface area contributed by atoms with Crippen molar-refractivity contribution in [2.75, 3.05) is 24.4 Å². The van der Waals surface area contributed by atoms with Crippen molar-refractivity contribution < 1.29 is 27.9 Å². The summed E-state index contributed by atoms with van der Waals surface area (Å²) in [5.41, 5.74) is 1.12. The molecule has 8 heteroatoms. The largest absolute Gasteiger partial charge is 0.495 e. The molecule has 0 aliphatic rings. The minimum atomic E-state index is -0.555. The summed E-state index contributed by atoms with van der Waals surface area (Å²) in [6, 6.07) is 19.2. The van der Waals surface area contributed by atoms with Crippen molar-refractivity contribution in [3.8, 4) is 11.5 Å². The molecule has 0 aliphatic heterocycles. The minimum Gasteiger partial charge on any atom is -0.495 e. The highest BCUT2D eigenvalue weighted by Gasteiger charge is 2.23. The predicted octanol–water partition coefficient (Wildman–Crippen LogP) is 4.85. The number of rotatable bonds is 7. The first-order chi connectivity index (χ1) is 15.5. The Balaban J connectivity index is 1.56. The van der Waals surface area contributed by atoms with Gasteiger partial charge in [-0.1, -0.05) is 24.3 Å². The maximum atomic E-state index is 13.0. The van der Waals surface area contributed by atoms with Crippen molar-refractivity contribution >= 4 is 34.2 Å². The van der Waals surface area contributed by atoms with Crippen molar-refractivity contribution in [3.63, 3.8) is 0 Å². The molecule has 2 N–H and O–H groups in total. The summed E-state index contributed by atoms with van der Waals surface area (Å²) in [5, 5.41) is 5.99. The van der Waals surface area contributed by atoms with Gasteiger partial charge in [0.15, 0.2) is 6.61 Å². The second-order valence-corrected chi connectivity index (χ2v) is 6.75. The van der Waals surface area contributed by atoms with Crippen LogP contribution in [0.1, 0.15) is 10.6 Å². The summed E-state index contributed by atoms with van der Waals surface area (Å²) in [5.74, 6) is -0.708. The molecule has 0 fully saturated rings. The van der Waals surface area contributed by atoms with E-state index in [2.05, 4.69) is 10.6 Å². The zero-order chi connectivity index (χ0) is 22.5. The van der Waals surface area contributed by atoms with E-state index in [0.29, 0.717) is 28.2 Å². The molecule has 1 aromatic heterocycles. The number of carbonyl (C=O) groups is 2. The van der Waals surface area contributed by atoms with Crippen LogP contribution in [0, 0.1) is 5.82 Å². The Morgan fingerprint density at radius 3 is 2.44 bits per heavy atom. The third kappa shape index (κ3) is 4.54. The standard InChI is InChI=1S/C24H19FN2O5/c1-30-20-9-5-3-7-18(20)26-24(29)23-22(17-6-2-4-8-19(17)32-23)27-21(28)14-31-16-12-10-15(25)11-13-16/h2-13H,14H2,1H3,(H,26,29)(H,27,28). The van der Waals surface area contributed by atoms with Crippen LogP contribution < -0.4 is 20.1 Å². The lowest BCUT2D eigenvalue weighted by Crippen LogP contribution is -2.22. The van der Waals surface area contributed by atoms with Gasteiger partial charge in [0.2, 0.25) is 5.76 Å². The van der Waals surface area contributed by atoms with E-state index in [1.807, 2.05) is 0 Å². The number of carbonyl (C=O) groups excluding carboxylic acids is 2. The number of amides is 2. The number of ether oxygens (including phenoxy) is 2. The Bertz CT molecular complexity index is 1270. The molecule has 2 amide bonds. The van der Waals surface area contributed by atoms with Crippen LogP contribution >= 0.6 is 0 Å². The Morgan fingerprint density at radius 1 is 0.938 bits per heavy atom. The molecule has 0 radical (unpaired) electrons. The SMILES string of the molecule is COc1ccccc1NC(=O)c1oc2ccccc2c1NC(=O)COc1ccc(F)cc1. The van der Waals surface area contributed by atoms with E-state index in [4.69, 9.17) is 13.9 Å². The highest BCUT2D eigenvalue weighted by Crippen LogP contribution is 2.32. The second-order valence-electron chi connectivity index (χ2n) is 6.75. The number of nitrogens with one attached hydrogen (secondary N) is 2. The highest BCUT2D eigenvalue weighted by molar-refractivity contribution is 6.15. The molecule has 4 rings (SSSR count). The lowest BCUT2D eigenvalue weighted by molar-refractivity contribution is -0.118. The number of hydrogen-bond acceptors (Lipinski definition) is 5. The average Bonchev–Trinajstić information content (AvgIpc) is 3.17. The summed E-state index contributed by atoms with van der Waals surface area (Å²) in [6.07, 6.45) is 0. The molecule has 1 heterocycles. The Morgan fingerprint density at radius 2 is 1.66 bits per heavy atom. The van der Waals surface area contributed by atoms with E-state index in [9.17, 15) is 14.0 Å². The van der Waals surface area contributed by atoms with Gasteiger partial charge < -0.3 is 24.5 Å². The van der Waals surface area contributed by atoms with Gasteiger partial charge >= 0.3 is 0 Å². The lowest BCUT2D eigenvalue weighted by Gasteiger charge is -2.10. The predicted molar refractivity (Wildman–Crippen MR) is 118 cm³/mol. The number of para-hydroxylation sites is 3. The van der Waals surface area contributed by atoms with E-state index < -0.39 is 17.6 Å². The molecule has 0 spiro atoms. The quantitative estimate of drug-likeness (QED) is 0.434. The van der Waals surface area contributed by atoms with Gasteiger partial charge in [0.25, 0.3) is 11.8 Å². The normalized spacial score (nSPS) is 10.6. The van der Waals surface area contributed by atoms with Crippen molar-refractivity contribution in [2.45, 2.75) is 0 Å². The fourth-order valence-electron chi connectivity index (χ4n) is 3.11. The van der Waals surface area contributed by atoms with Crippen molar-refractivity contribution in [1.82, 2.24) is 0 Å². The van der Waals surface area contributed by atoms with Gasteiger partial charge in [-0.15, -0.1) is 0 Å². The summed E-state index contributed by atoms with van der Waals surface area (Å²) < 4.78 is 29.4. The maximum absolute atomic E-state index is 13.0. The van der Waals surface area contributed by atoms with Crippen LogP contribution in [0.4, 0.5) is 15.8 Å². The third-order valence-corrected chi connectivity index (χ3v) is 4.60. The molecule has 0 saturated heterocycles. The van der Waals surface area contributed by atoms with Crippen LogP contribution in [-0.4, -0.2) is 25.5 Å². The van der Waals surface area contributed by atoms with Crippen molar-refractivity contribution in [1.29, 1.82) is 0 Å². The summed E-state index contributed by atoms with van der Waals surface area (Å²) >= 11 is 0. The number of anilines is 2. The van der Waals surface area contributed by atoms with Crippen LogP contribution in [-0.2, 0) is 4.79 Å². The molecule has 3 aromatic carbocycles. The van der Waals surface area contributed by atoms with Gasteiger partial charge in [0.05, 0.1) is 12.8 Å². The van der Waals surface area contributed by atoms with Gasteiger partial charge in [-0.2, -0.15) is 0 Å². The molecule has 0 saturated carbocycles. The Kier molecular flexibility index (Phi) is 6.03. The van der Waals surface area contributed by atoms with Gasteiger partial charge in [-0.25, -0.2) is 4.39 Å². The fourth-order valence-corrected chi connectivity index (χ4v) is 3.11. The topological polar surface area (TPSA) is 89.8 Å². The highest BCUT2D eigenvalue weighted by atomic mass is 19.1. The van der Waals surface area contributed by atoms with E-state index in [0.717, 1.165) is 0 Å². The molecule has 0 aliphatic carbocycles. The van der Waals surface area contributed by atoms with Crippen molar-refractivity contribution in [2.24, 2.45) is 0 Å². The summed E-state index contributed by atoms with van der Waals surface area (Å²) in [6.45, 7) is -0.335. The van der Waals surface area contributed by atoms with Gasteiger partial charge in [0.1, 0.15) is 28.6 Å². The van der Waals surface area contributed by atoms with Gasteiger partial charge in [0, 0.05) is 5.39 Å². The van der Waals surface area contributed by atoms with Gasteiger partial charge in [-0.05, 0) is 48.5 Å². The van der Waals surface area contributed by atoms with E-state index in [1.165, 1.54) is 31.4 Å². The smallest absolute Gasteiger partial charge is 0.293 e. The first kappa shape index (κ1) is 20.9. The van der Waals surface area contributed by atoms with Crippen molar-refractivity contribution in [3.05, 3.63) is 84.4 Å². The number of methoxy groups -OCH3 is 1. The molecule has 0 atom stereocenters. The lowest BCUT2D eigenvalue weighted by atomic mass is 10.2. The number of halogens is 1. The maximum Gasteiger partial charge on any atom is 0.293 e. The van der Waals surface area contributed by atoms with Crippen LogP contribution in [0.5, 0.6) is 11.5 Å². The van der Waals surface area contributed by atoms with E-state index in [1.54, 1.807) is 48.5 Å². The monoisotopic (exact) mass is 434 g/mol. The Hall–Kier alpha value is -4.33. The molecule has 32 heavy (non-hydrogen) atoms. The molecular weight excluding hydrogens is 415 g/mol. The van der Waals surface area contributed by atoms with Crippen LogP contribution in [0.25, 0.3) is 11.0 Å². The van der Waals surface area contributed by atoms with E-state index >= 15 is 0 Å². The fraction of sp³-hybridized carbons (Fsp3) is 0.0833. The first-order valence-corrected chi connectivity index (χ1v) is 9.69. The number of hydrogen-bond donors (Lipinski definition) is 2. The van der Waals surface area contributed by atoms with Crippen LogP contribution in [0.15, 0.2) is 77.2 Å². The molecule has 0 unspecified atom stereocenters. The number of fused-ring (bicyclic) bond motifs is 1. The van der Waals surface area contributed by atoms with Crippen LogP contribution in [0.2, 0.25) is 0 Å². The number of benzene rings is 3. The summed E-state index contributed by atoms with van der Waals surface area (Å²) in [7, 11) is 1.50.